The van der Waals surface area contributed by atoms with Gasteiger partial charge in [0.2, 0.25) is 5.91 Å². The molecule has 2 aliphatic heterocycles. The molecule has 1 aliphatic carbocycles. The Morgan fingerprint density at radius 2 is 1.80 bits per heavy atom. The highest BCUT2D eigenvalue weighted by Gasteiger charge is 2.54. The van der Waals surface area contributed by atoms with Crippen LogP contribution in [-0.4, -0.2) is 72.1 Å². The number of carbonyl (C=O) groups is 3. The Morgan fingerprint density at radius 1 is 1.06 bits per heavy atom. The minimum atomic E-state index is -1.03. The maximum atomic E-state index is 14.2. The van der Waals surface area contributed by atoms with Crippen molar-refractivity contribution < 1.29 is 28.2 Å². The van der Waals surface area contributed by atoms with Gasteiger partial charge in [0.05, 0.1) is 19.3 Å². The van der Waals surface area contributed by atoms with E-state index in [4.69, 9.17) is 9.47 Å². The third-order valence-corrected chi connectivity index (χ3v) is 6.96. The molecule has 3 aliphatic rings. The highest BCUT2D eigenvalue weighted by molar-refractivity contribution is 5.99. The Morgan fingerprint density at radius 3 is 2.49 bits per heavy atom. The van der Waals surface area contributed by atoms with E-state index < -0.39 is 23.5 Å². The Bertz CT molecular complexity index is 1140. The second-order valence-corrected chi connectivity index (χ2v) is 9.24. The van der Waals surface area contributed by atoms with Crippen molar-refractivity contribution in [1.82, 2.24) is 15.1 Å². The van der Waals surface area contributed by atoms with E-state index in [-0.39, 0.29) is 43.1 Å². The molecule has 1 N–H and O–H groups in total. The van der Waals surface area contributed by atoms with Crippen molar-refractivity contribution in [2.75, 3.05) is 26.8 Å². The molecule has 2 heterocycles. The third kappa shape index (κ3) is 4.48. The summed E-state index contributed by atoms with van der Waals surface area (Å²) in [6.07, 6.45) is 2.50. The minimum absolute atomic E-state index is 0.0155. The molecule has 0 aromatic heterocycles. The number of carbonyl (C=O) groups excluding carboxylic acids is 3. The molecule has 0 unspecified atom stereocenters. The molecule has 3 amide bonds. The fourth-order valence-corrected chi connectivity index (χ4v) is 4.85. The molecule has 5 rings (SSSR count). The first kappa shape index (κ1) is 23.3. The van der Waals surface area contributed by atoms with Gasteiger partial charge in [0.1, 0.15) is 23.3 Å². The van der Waals surface area contributed by atoms with Gasteiger partial charge in [0.25, 0.3) is 11.8 Å². The molecular weight excluding hydrogens is 453 g/mol. The molecule has 184 valence electrons. The molecule has 1 spiro atoms. The Kier molecular flexibility index (Phi) is 6.19. The van der Waals surface area contributed by atoms with Gasteiger partial charge in [-0.25, -0.2) is 4.39 Å². The van der Waals surface area contributed by atoms with Crippen molar-refractivity contribution in [1.29, 1.82) is 0 Å². The van der Waals surface area contributed by atoms with Crippen LogP contribution >= 0.6 is 0 Å². The number of amides is 3. The summed E-state index contributed by atoms with van der Waals surface area (Å²) in [5.41, 5.74) is -0.623. The summed E-state index contributed by atoms with van der Waals surface area (Å²) in [7, 11) is 1.53. The molecule has 8 nitrogen and oxygen atoms in total. The number of likely N-dealkylation sites (tertiary alicyclic amines) is 1. The molecular formula is C26H28FN3O5. The van der Waals surface area contributed by atoms with Gasteiger partial charge in [-0.1, -0.05) is 18.2 Å². The average molecular weight is 482 g/mol. The zero-order chi connectivity index (χ0) is 24.6. The summed E-state index contributed by atoms with van der Waals surface area (Å²) < 4.78 is 25.6. The fourth-order valence-electron chi connectivity index (χ4n) is 4.85. The maximum absolute atomic E-state index is 14.2. The van der Waals surface area contributed by atoms with Crippen LogP contribution in [0.3, 0.4) is 0 Å². The van der Waals surface area contributed by atoms with Gasteiger partial charge in [-0.05, 0) is 43.2 Å². The lowest BCUT2D eigenvalue weighted by Crippen LogP contribution is -2.60. The SMILES string of the molecule is COc1cccc(C(=O)N2[C@@H](C(=O)NC3CC3)COC23CCN(C(=O)c2ccccc2F)CC3)c1. The van der Waals surface area contributed by atoms with Crippen LogP contribution in [0.5, 0.6) is 5.75 Å². The number of hydrogen-bond donors (Lipinski definition) is 1. The second kappa shape index (κ2) is 9.30. The van der Waals surface area contributed by atoms with E-state index in [1.54, 1.807) is 46.2 Å². The largest absolute Gasteiger partial charge is 0.497 e. The standard InChI is InChI=1S/C26H28FN3O5/c1-34-19-6-4-5-17(15-19)24(32)30-22(23(31)28-18-9-10-18)16-35-26(30)11-13-29(14-12-26)25(33)20-7-2-3-8-21(20)27/h2-8,15,18,22H,9-14,16H2,1H3,(H,28,31)/t22-/m1/s1. The first-order valence-electron chi connectivity index (χ1n) is 11.9. The number of ether oxygens (including phenoxy) is 2. The van der Waals surface area contributed by atoms with E-state index in [1.165, 1.54) is 19.2 Å². The van der Waals surface area contributed by atoms with E-state index in [1.807, 2.05) is 0 Å². The number of hydrogen-bond acceptors (Lipinski definition) is 5. The van der Waals surface area contributed by atoms with Crippen molar-refractivity contribution in [3.8, 4) is 5.75 Å². The van der Waals surface area contributed by atoms with Crippen LogP contribution in [0.25, 0.3) is 0 Å². The lowest BCUT2D eigenvalue weighted by molar-refractivity contribution is -0.128. The van der Waals surface area contributed by atoms with Gasteiger partial charge in [-0.2, -0.15) is 0 Å². The zero-order valence-corrected chi connectivity index (χ0v) is 19.5. The molecule has 35 heavy (non-hydrogen) atoms. The van der Waals surface area contributed by atoms with Crippen LogP contribution < -0.4 is 10.1 Å². The Balaban J connectivity index is 1.39. The van der Waals surface area contributed by atoms with Crippen LogP contribution in [0.15, 0.2) is 48.5 Å². The van der Waals surface area contributed by atoms with Crippen molar-refractivity contribution >= 4 is 17.7 Å². The van der Waals surface area contributed by atoms with Crippen molar-refractivity contribution in [2.45, 2.75) is 43.5 Å². The maximum Gasteiger partial charge on any atom is 0.257 e. The van der Waals surface area contributed by atoms with Gasteiger partial charge >= 0.3 is 0 Å². The summed E-state index contributed by atoms with van der Waals surface area (Å²) in [6, 6.07) is 12.1. The van der Waals surface area contributed by atoms with Gasteiger partial charge in [-0.3, -0.25) is 19.3 Å². The topological polar surface area (TPSA) is 88.2 Å². The average Bonchev–Trinajstić information content (AvgIpc) is 3.63. The van der Waals surface area contributed by atoms with Crippen molar-refractivity contribution in [3.63, 3.8) is 0 Å². The van der Waals surface area contributed by atoms with Crippen LogP contribution in [0, 0.1) is 5.82 Å². The lowest BCUT2D eigenvalue weighted by Gasteiger charge is -2.44. The molecule has 2 aromatic carbocycles. The number of benzene rings is 2. The number of nitrogens with zero attached hydrogens (tertiary/aromatic N) is 2. The lowest BCUT2D eigenvalue weighted by atomic mass is 9.96. The third-order valence-electron chi connectivity index (χ3n) is 6.96. The zero-order valence-electron chi connectivity index (χ0n) is 19.5. The van der Waals surface area contributed by atoms with Crippen LogP contribution in [0.2, 0.25) is 0 Å². The molecule has 0 bridgehead atoms. The first-order chi connectivity index (χ1) is 16.9. The molecule has 2 aromatic rings. The number of rotatable bonds is 5. The fraction of sp³-hybridized carbons (Fsp3) is 0.423. The van der Waals surface area contributed by atoms with E-state index in [2.05, 4.69) is 5.32 Å². The van der Waals surface area contributed by atoms with Crippen molar-refractivity contribution in [3.05, 3.63) is 65.5 Å². The number of halogens is 1. The number of piperidine rings is 1. The summed E-state index contributed by atoms with van der Waals surface area (Å²) in [4.78, 5) is 42.9. The van der Waals surface area contributed by atoms with E-state index >= 15 is 0 Å². The Labute approximate surface area is 203 Å². The van der Waals surface area contributed by atoms with E-state index in [9.17, 15) is 18.8 Å². The van der Waals surface area contributed by atoms with E-state index in [0.717, 1.165) is 12.8 Å². The van der Waals surface area contributed by atoms with E-state index in [0.29, 0.717) is 24.2 Å². The molecule has 1 atom stereocenters. The minimum Gasteiger partial charge on any atom is -0.497 e. The van der Waals surface area contributed by atoms with Crippen LogP contribution in [0.4, 0.5) is 4.39 Å². The molecule has 3 fully saturated rings. The highest BCUT2D eigenvalue weighted by atomic mass is 19.1. The van der Waals surface area contributed by atoms with Gasteiger partial charge < -0.3 is 19.7 Å². The summed E-state index contributed by atoms with van der Waals surface area (Å²) in [5, 5.41) is 2.99. The molecule has 0 radical (unpaired) electrons. The normalized spacial score (nSPS) is 21.1. The highest BCUT2D eigenvalue weighted by Crippen LogP contribution is 2.39. The molecule has 9 heteroatoms. The summed E-state index contributed by atoms with van der Waals surface area (Å²) in [5.74, 6) is -0.989. The van der Waals surface area contributed by atoms with Crippen LogP contribution in [-0.2, 0) is 9.53 Å². The summed E-state index contributed by atoms with van der Waals surface area (Å²) in [6.45, 7) is 0.619. The van der Waals surface area contributed by atoms with Gasteiger partial charge in [0, 0.05) is 37.5 Å². The smallest absolute Gasteiger partial charge is 0.257 e. The second-order valence-electron chi connectivity index (χ2n) is 9.24. The predicted octanol–water partition coefficient (Wildman–Crippen LogP) is 2.59. The predicted molar refractivity (Wildman–Crippen MR) is 124 cm³/mol. The molecule has 2 saturated heterocycles. The summed E-state index contributed by atoms with van der Waals surface area (Å²) >= 11 is 0. The van der Waals surface area contributed by atoms with Gasteiger partial charge in [-0.15, -0.1) is 0 Å². The first-order valence-corrected chi connectivity index (χ1v) is 11.9. The Hall–Kier alpha value is -3.46. The van der Waals surface area contributed by atoms with Crippen molar-refractivity contribution in [2.24, 2.45) is 0 Å². The number of methoxy groups -OCH3 is 1. The van der Waals surface area contributed by atoms with Crippen LogP contribution in [0.1, 0.15) is 46.4 Å². The quantitative estimate of drug-likeness (QED) is 0.709. The van der Waals surface area contributed by atoms with Gasteiger partial charge in [0.15, 0.2) is 0 Å². The molecule has 1 saturated carbocycles. The number of nitrogens with one attached hydrogen (secondary N) is 1. The monoisotopic (exact) mass is 481 g/mol.